The van der Waals surface area contributed by atoms with Crippen LogP contribution < -0.4 is 16.0 Å². The number of carbonyl (C=O) groups excluding carboxylic acids is 2. The van der Waals surface area contributed by atoms with Crippen LogP contribution in [0.3, 0.4) is 0 Å². The quantitative estimate of drug-likeness (QED) is 0.235. The molecule has 1 aliphatic carbocycles. The molecule has 2 aliphatic heterocycles. The van der Waals surface area contributed by atoms with Crippen LogP contribution in [0.15, 0.2) is 4.99 Å². The van der Waals surface area contributed by atoms with Crippen LogP contribution in [0.25, 0.3) is 0 Å². The highest BCUT2D eigenvalue weighted by molar-refractivity contribution is 14.0. The summed E-state index contributed by atoms with van der Waals surface area (Å²) >= 11 is 0. The van der Waals surface area contributed by atoms with Gasteiger partial charge in [0.1, 0.15) is 0 Å². The normalized spacial score (nSPS) is 23.1. The Morgan fingerprint density at radius 2 is 1.88 bits per heavy atom. The lowest BCUT2D eigenvalue weighted by Crippen LogP contribution is -2.51. The van der Waals surface area contributed by atoms with Gasteiger partial charge in [-0.1, -0.05) is 12.8 Å². The Morgan fingerprint density at radius 1 is 1.19 bits per heavy atom. The number of likely N-dealkylation sites (tertiary alicyclic amines) is 1. The van der Waals surface area contributed by atoms with E-state index in [9.17, 15) is 9.59 Å². The van der Waals surface area contributed by atoms with E-state index < -0.39 is 0 Å². The molecule has 2 heterocycles. The van der Waals surface area contributed by atoms with Crippen molar-refractivity contribution in [1.29, 1.82) is 0 Å². The minimum Gasteiger partial charge on any atom is -0.355 e. The van der Waals surface area contributed by atoms with Crippen molar-refractivity contribution in [3.8, 4) is 0 Å². The average Bonchev–Trinajstić information content (AvgIpc) is 3.27. The number of halogens is 1. The maximum atomic E-state index is 11.6. The van der Waals surface area contributed by atoms with E-state index in [4.69, 9.17) is 0 Å². The van der Waals surface area contributed by atoms with E-state index in [2.05, 4.69) is 25.8 Å². The van der Waals surface area contributed by atoms with Gasteiger partial charge in [0.15, 0.2) is 5.96 Å². The van der Waals surface area contributed by atoms with Gasteiger partial charge in [-0.05, 0) is 25.7 Å². The summed E-state index contributed by atoms with van der Waals surface area (Å²) in [6, 6.07) is 0.928. The topological polar surface area (TPSA) is 89.1 Å². The zero-order chi connectivity index (χ0) is 17.6. The van der Waals surface area contributed by atoms with Crippen molar-refractivity contribution in [1.82, 2.24) is 25.8 Å². The second kappa shape index (κ2) is 10.3. The number of rotatable bonds is 5. The zero-order valence-corrected chi connectivity index (χ0v) is 17.8. The minimum atomic E-state index is -0.311. The molecular formula is C17H31IN6O2. The molecule has 0 bridgehead atoms. The number of nitrogens with zero attached hydrogens (tertiary/aromatic N) is 3. The van der Waals surface area contributed by atoms with Gasteiger partial charge in [-0.2, -0.15) is 0 Å². The highest BCUT2D eigenvalue weighted by atomic mass is 127. The Bertz CT molecular complexity index is 499. The van der Waals surface area contributed by atoms with E-state index in [1.165, 1.54) is 30.6 Å². The Labute approximate surface area is 172 Å². The molecule has 0 spiro atoms. The number of carbonyl (C=O) groups is 2. The fraction of sp³-hybridized carbons (Fsp3) is 0.824. The van der Waals surface area contributed by atoms with E-state index in [1.807, 2.05) is 0 Å². The number of aliphatic imine (C=N–C) groups is 1. The Morgan fingerprint density at radius 3 is 2.46 bits per heavy atom. The smallest absolute Gasteiger partial charge is 0.324 e. The lowest BCUT2D eigenvalue weighted by molar-refractivity contribution is -0.124. The first-order valence-corrected chi connectivity index (χ1v) is 9.47. The monoisotopic (exact) mass is 478 g/mol. The van der Waals surface area contributed by atoms with E-state index in [-0.39, 0.29) is 42.5 Å². The number of hydrogen-bond donors (Lipinski definition) is 3. The van der Waals surface area contributed by atoms with Crippen LogP contribution >= 0.6 is 24.0 Å². The highest BCUT2D eigenvalue weighted by Crippen LogP contribution is 2.26. The van der Waals surface area contributed by atoms with Gasteiger partial charge in [-0.3, -0.25) is 14.7 Å². The first-order chi connectivity index (χ1) is 12.2. The first-order valence-electron chi connectivity index (χ1n) is 9.47. The number of imide groups is 1. The lowest BCUT2D eigenvalue weighted by atomic mass is 10.0. The molecule has 3 amide bonds. The second-order valence-corrected chi connectivity index (χ2v) is 7.10. The molecular weight excluding hydrogens is 447 g/mol. The van der Waals surface area contributed by atoms with Crippen LogP contribution in [-0.4, -0.2) is 79.6 Å². The van der Waals surface area contributed by atoms with Gasteiger partial charge in [-0.25, -0.2) is 4.79 Å². The molecule has 0 unspecified atom stereocenters. The maximum Gasteiger partial charge on any atom is 0.324 e. The van der Waals surface area contributed by atoms with Gasteiger partial charge in [0.25, 0.3) is 0 Å². The fourth-order valence-electron chi connectivity index (χ4n) is 4.03. The van der Waals surface area contributed by atoms with E-state index in [0.717, 1.165) is 37.9 Å². The molecule has 8 nitrogen and oxygen atoms in total. The molecule has 3 fully saturated rings. The summed E-state index contributed by atoms with van der Waals surface area (Å²) in [6.45, 7) is 3.26. The fourth-order valence-corrected chi connectivity index (χ4v) is 4.03. The van der Waals surface area contributed by atoms with Crippen molar-refractivity contribution in [2.24, 2.45) is 4.99 Å². The molecule has 0 aromatic rings. The molecule has 0 radical (unpaired) electrons. The summed E-state index contributed by atoms with van der Waals surface area (Å²) in [5, 5.41) is 9.20. The number of amides is 3. The molecule has 2 saturated heterocycles. The van der Waals surface area contributed by atoms with Crippen LogP contribution in [0.1, 0.15) is 38.5 Å². The Kier molecular flexibility index (Phi) is 8.39. The molecule has 148 valence electrons. The second-order valence-electron chi connectivity index (χ2n) is 7.10. The Balaban J connectivity index is 0.00000243. The molecule has 9 heteroatoms. The number of nitrogens with one attached hydrogen (secondary N) is 3. The third-order valence-electron chi connectivity index (χ3n) is 5.50. The van der Waals surface area contributed by atoms with Crippen molar-refractivity contribution in [3.63, 3.8) is 0 Å². The van der Waals surface area contributed by atoms with Gasteiger partial charge >= 0.3 is 6.03 Å². The molecule has 0 atom stereocenters. The summed E-state index contributed by atoms with van der Waals surface area (Å²) in [5.41, 5.74) is 0. The van der Waals surface area contributed by atoms with Gasteiger partial charge < -0.3 is 20.9 Å². The summed E-state index contributed by atoms with van der Waals surface area (Å²) in [6.07, 6.45) is 7.76. The third-order valence-corrected chi connectivity index (χ3v) is 5.50. The Hall–Kier alpha value is -1.10. The predicted molar refractivity (Wildman–Crippen MR) is 112 cm³/mol. The molecule has 0 aromatic carbocycles. The largest absolute Gasteiger partial charge is 0.355 e. The molecule has 0 aromatic heterocycles. The number of guanidine groups is 1. The van der Waals surface area contributed by atoms with E-state index >= 15 is 0 Å². The summed E-state index contributed by atoms with van der Waals surface area (Å²) < 4.78 is 0. The van der Waals surface area contributed by atoms with Crippen molar-refractivity contribution in [3.05, 3.63) is 0 Å². The standard InChI is InChI=1S/C17H30N6O2.HI/c1-18-16(19-8-11-23-15(24)12-20-17(23)25)21-13-6-9-22(10-7-13)14-4-2-3-5-14;/h13-14H,2-12H2,1H3,(H,20,25)(H2,18,19,21);1H. The number of urea groups is 1. The van der Waals surface area contributed by atoms with E-state index in [1.54, 1.807) is 7.05 Å². The predicted octanol–water partition coefficient (Wildman–Crippen LogP) is 0.728. The van der Waals surface area contributed by atoms with Crippen molar-refractivity contribution < 1.29 is 9.59 Å². The highest BCUT2D eigenvalue weighted by Gasteiger charge is 2.29. The first kappa shape index (κ1) is 21.2. The average molecular weight is 478 g/mol. The van der Waals surface area contributed by atoms with Gasteiger partial charge in [0.05, 0.1) is 6.54 Å². The van der Waals surface area contributed by atoms with E-state index in [0.29, 0.717) is 19.1 Å². The molecule has 1 saturated carbocycles. The zero-order valence-electron chi connectivity index (χ0n) is 15.5. The van der Waals surface area contributed by atoms with Gasteiger partial charge in [0.2, 0.25) is 5.91 Å². The molecule has 3 rings (SSSR count). The number of piperidine rings is 1. The van der Waals surface area contributed by atoms with Crippen LogP contribution in [-0.2, 0) is 4.79 Å². The summed E-state index contributed by atoms with van der Waals surface area (Å²) in [4.78, 5) is 31.2. The molecule has 26 heavy (non-hydrogen) atoms. The van der Waals surface area contributed by atoms with Crippen molar-refractivity contribution in [2.75, 3.05) is 39.8 Å². The van der Waals surface area contributed by atoms with Crippen LogP contribution in [0.2, 0.25) is 0 Å². The van der Waals surface area contributed by atoms with Crippen LogP contribution in [0.5, 0.6) is 0 Å². The van der Waals surface area contributed by atoms with Crippen molar-refractivity contribution in [2.45, 2.75) is 50.6 Å². The third kappa shape index (κ3) is 5.45. The minimum absolute atomic E-state index is 0. The maximum absolute atomic E-state index is 11.6. The lowest BCUT2D eigenvalue weighted by Gasteiger charge is -2.36. The SMILES string of the molecule is CN=C(NCCN1C(=O)CNC1=O)NC1CCN(C2CCCC2)CC1.I. The molecule has 3 N–H and O–H groups in total. The van der Waals surface area contributed by atoms with Crippen LogP contribution in [0.4, 0.5) is 4.79 Å². The summed E-state index contributed by atoms with van der Waals surface area (Å²) in [5.74, 6) is 0.570. The molecule has 3 aliphatic rings. The number of hydrogen-bond acceptors (Lipinski definition) is 4. The summed E-state index contributed by atoms with van der Waals surface area (Å²) in [7, 11) is 1.75. The van der Waals surface area contributed by atoms with Crippen LogP contribution in [0, 0.1) is 0 Å². The van der Waals surface area contributed by atoms with Crippen molar-refractivity contribution >= 4 is 41.9 Å². The van der Waals surface area contributed by atoms with Gasteiger partial charge in [-0.15, -0.1) is 24.0 Å². The van der Waals surface area contributed by atoms with Gasteiger partial charge in [0, 0.05) is 45.3 Å².